The van der Waals surface area contributed by atoms with E-state index in [4.69, 9.17) is 5.73 Å². The van der Waals surface area contributed by atoms with Crippen LogP contribution in [0.5, 0.6) is 0 Å². The summed E-state index contributed by atoms with van der Waals surface area (Å²) in [6, 6.07) is 0. The zero-order valence-electron chi connectivity index (χ0n) is 10.0. The van der Waals surface area contributed by atoms with Gasteiger partial charge in [0.15, 0.2) is 5.11 Å². The molecule has 92 valence electrons. The molecular formula is C11H21N3OS. The van der Waals surface area contributed by atoms with Crippen LogP contribution < -0.4 is 16.6 Å². The summed E-state index contributed by atoms with van der Waals surface area (Å²) in [6.45, 7) is 4.29. The molecule has 5 heteroatoms. The van der Waals surface area contributed by atoms with Crippen molar-refractivity contribution < 1.29 is 4.79 Å². The fourth-order valence-corrected chi connectivity index (χ4v) is 2.66. The molecule has 0 heterocycles. The van der Waals surface area contributed by atoms with Gasteiger partial charge in [0, 0.05) is 0 Å². The molecule has 0 aliphatic heterocycles. The maximum Gasteiger partial charge on any atom is 0.244 e. The molecule has 0 aromatic heterocycles. The van der Waals surface area contributed by atoms with E-state index < -0.39 is 0 Å². The number of hydrogen-bond donors (Lipinski definition) is 3. The van der Waals surface area contributed by atoms with Crippen LogP contribution in [0, 0.1) is 11.3 Å². The van der Waals surface area contributed by atoms with Gasteiger partial charge < -0.3 is 5.73 Å². The third-order valence-corrected chi connectivity index (χ3v) is 3.24. The van der Waals surface area contributed by atoms with Crippen LogP contribution >= 0.6 is 12.2 Å². The van der Waals surface area contributed by atoms with Crippen molar-refractivity contribution in [3.8, 4) is 0 Å². The Kier molecular flexibility index (Phi) is 4.53. The van der Waals surface area contributed by atoms with Crippen molar-refractivity contribution in [1.82, 2.24) is 10.9 Å². The topological polar surface area (TPSA) is 67.2 Å². The average Bonchev–Trinajstić information content (AvgIpc) is 2.62. The van der Waals surface area contributed by atoms with Crippen molar-refractivity contribution in [2.75, 3.05) is 0 Å². The summed E-state index contributed by atoms with van der Waals surface area (Å²) >= 11 is 4.66. The summed E-state index contributed by atoms with van der Waals surface area (Å²) in [5.74, 6) is 0.556. The fourth-order valence-electron chi connectivity index (χ4n) is 2.61. The molecule has 0 spiro atoms. The number of nitrogens with two attached hydrogens (primary N) is 1. The largest absolute Gasteiger partial charge is 0.375 e. The number of carbonyl (C=O) groups excluding carboxylic acids is 1. The van der Waals surface area contributed by atoms with E-state index in [1.54, 1.807) is 0 Å². The minimum Gasteiger partial charge on any atom is -0.375 e. The smallest absolute Gasteiger partial charge is 0.244 e. The molecule has 0 aromatic carbocycles. The maximum atomic E-state index is 12.1. The molecule has 16 heavy (non-hydrogen) atoms. The molecule has 1 rings (SSSR count). The van der Waals surface area contributed by atoms with E-state index in [9.17, 15) is 4.79 Å². The van der Waals surface area contributed by atoms with Gasteiger partial charge in [0.1, 0.15) is 0 Å². The molecule has 1 fully saturated rings. The van der Waals surface area contributed by atoms with E-state index in [-0.39, 0.29) is 16.4 Å². The van der Waals surface area contributed by atoms with Crippen LogP contribution in [0.2, 0.25) is 0 Å². The summed E-state index contributed by atoms with van der Waals surface area (Å²) in [5.41, 5.74) is 10.2. The first-order valence-corrected chi connectivity index (χ1v) is 6.23. The second-order valence-electron chi connectivity index (χ2n) is 5.03. The van der Waals surface area contributed by atoms with Gasteiger partial charge >= 0.3 is 0 Å². The summed E-state index contributed by atoms with van der Waals surface area (Å²) in [6.07, 6.45) is 5.13. The minimum absolute atomic E-state index is 0.0338. The number of thiocarbonyl (C=S) groups is 1. The summed E-state index contributed by atoms with van der Waals surface area (Å²) in [4.78, 5) is 12.1. The van der Waals surface area contributed by atoms with Crippen molar-refractivity contribution >= 4 is 23.2 Å². The maximum absolute atomic E-state index is 12.1. The number of nitrogens with one attached hydrogen (secondary N) is 2. The highest BCUT2D eigenvalue weighted by molar-refractivity contribution is 7.80. The van der Waals surface area contributed by atoms with Gasteiger partial charge in [-0.2, -0.15) is 0 Å². The predicted molar refractivity (Wildman–Crippen MR) is 68.4 cm³/mol. The lowest BCUT2D eigenvalue weighted by molar-refractivity contribution is -0.132. The first kappa shape index (κ1) is 13.2. The molecule has 0 saturated heterocycles. The SMILES string of the molecule is CC(C)CC1(C(=O)NNC(N)=S)CCCC1. The summed E-state index contributed by atoms with van der Waals surface area (Å²) in [7, 11) is 0. The number of rotatable bonds is 3. The molecule has 4 nitrogen and oxygen atoms in total. The Hall–Kier alpha value is -0.840. The molecule has 1 aliphatic carbocycles. The standard InChI is InChI=1S/C11H21N3OS/c1-8(2)7-11(5-3-4-6-11)9(15)13-14-10(12)16/h8H,3-7H2,1-2H3,(H,13,15)(H3,12,14,16). The van der Waals surface area contributed by atoms with Crippen LogP contribution in [0.25, 0.3) is 0 Å². The van der Waals surface area contributed by atoms with Crippen LogP contribution in [0.15, 0.2) is 0 Å². The lowest BCUT2D eigenvalue weighted by Gasteiger charge is -2.29. The highest BCUT2D eigenvalue weighted by atomic mass is 32.1. The van der Waals surface area contributed by atoms with Crippen LogP contribution in [0.4, 0.5) is 0 Å². The van der Waals surface area contributed by atoms with E-state index in [0.29, 0.717) is 5.92 Å². The average molecular weight is 243 g/mol. The number of hydrogen-bond acceptors (Lipinski definition) is 2. The molecule has 1 aliphatic rings. The van der Waals surface area contributed by atoms with Gasteiger partial charge in [-0.25, -0.2) is 0 Å². The number of amides is 1. The van der Waals surface area contributed by atoms with E-state index in [0.717, 1.165) is 32.1 Å². The van der Waals surface area contributed by atoms with Crippen LogP contribution in [0.3, 0.4) is 0 Å². The van der Waals surface area contributed by atoms with E-state index in [2.05, 4.69) is 36.9 Å². The lowest BCUT2D eigenvalue weighted by Crippen LogP contribution is -2.50. The van der Waals surface area contributed by atoms with Crippen molar-refractivity contribution in [3.05, 3.63) is 0 Å². The van der Waals surface area contributed by atoms with Crippen molar-refractivity contribution in [2.45, 2.75) is 46.0 Å². The first-order chi connectivity index (χ1) is 7.46. The van der Waals surface area contributed by atoms with Gasteiger partial charge in [0.25, 0.3) is 0 Å². The molecule has 4 N–H and O–H groups in total. The van der Waals surface area contributed by atoms with Gasteiger partial charge in [-0.1, -0.05) is 26.7 Å². The normalized spacial score (nSPS) is 18.4. The Bertz CT molecular complexity index is 272. The second kappa shape index (κ2) is 5.48. The molecule has 1 saturated carbocycles. The molecule has 0 aromatic rings. The van der Waals surface area contributed by atoms with Gasteiger partial charge in [0.05, 0.1) is 5.41 Å². The number of carbonyl (C=O) groups is 1. The Balaban J connectivity index is 2.61. The lowest BCUT2D eigenvalue weighted by atomic mass is 9.78. The van der Waals surface area contributed by atoms with Crippen molar-refractivity contribution in [3.63, 3.8) is 0 Å². The third kappa shape index (κ3) is 3.33. The monoisotopic (exact) mass is 243 g/mol. The predicted octanol–water partition coefficient (Wildman–Crippen LogP) is 1.46. The summed E-state index contributed by atoms with van der Waals surface area (Å²) in [5, 5.41) is 0.103. The minimum atomic E-state index is -0.216. The fraction of sp³-hybridized carbons (Fsp3) is 0.818. The van der Waals surface area contributed by atoms with Crippen LogP contribution in [0.1, 0.15) is 46.0 Å². The zero-order valence-corrected chi connectivity index (χ0v) is 10.8. The van der Waals surface area contributed by atoms with Crippen LogP contribution in [-0.4, -0.2) is 11.0 Å². The summed E-state index contributed by atoms with van der Waals surface area (Å²) < 4.78 is 0. The molecule has 0 unspecified atom stereocenters. The molecule has 0 atom stereocenters. The number of hydrazine groups is 1. The quantitative estimate of drug-likeness (QED) is 0.518. The molecule has 0 radical (unpaired) electrons. The Morgan fingerprint density at radius 2 is 1.94 bits per heavy atom. The highest BCUT2D eigenvalue weighted by Gasteiger charge is 2.41. The third-order valence-electron chi connectivity index (χ3n) is 3.14. The Morgan fingerprint density at radius 3 is 2.38 bits per heavy atom. The van der Waals surface area contributed by atoms with Gasteiger partial charge in [-0.05, 0) is 37.4 Å². The highest BCUT2D eigenvalue weighted by Crippen LogP contribution is 2.43. The van der Waals surface area contributed by atoms with Gasteiger partial charge in [-0.3, -0.25) is 15.6 Å². The first-order valence-electron chi connectivity index (χ1n) is 5.82. The second-order valence-corrected chi connectivity index (χ2v) is 5.47. The van der Waals surface area contributed by atoms with E-state index in [1.807, 2.05) is 0 Å². The van der Waals surface area contributed by atoms with Gasteiger partial charge in [0.2, 0.25) is 5.91 Å². The molecule has 1 amide bonds. The van der Waals surface area contributed by atoms with Crippen molar-refractivity contribution in [2.24, 2.45) is 17.1 Å². The molecule has 0 bridgehead atoms. The van der Waals surface area contributed by atoms with Gasteiger partial charge in [-0.15, -0.1) is 0 Å². The van der Waals surface area contributed by atoms with Crippen LogP contribution in [-0.2, 0) is 4.79 Å². The molecular weight excluding hydrogens is 222 g/mol. The zero-order chi connectivity index (χ0) is 12.2. The van der Waals surface area contributed by atoms with Crippen molar-refractivity contribution in [1.29, 1.82) is 0 Å². The van der Waals surface area contributed by atoms with E-state index in [1.165, 1.54) is 0 Å². The van der Waals surface area contributed by atoms with E-state index >= 15 is 0 Å². The Labute approximate surface area is 102 Å². The Morgan fingerprint density at radius 1 is 1.38 bits per heavy atom.